The fraction of sp³-hybridized carbons (Fsp3) is 0.417. The van der Waals surface area contributed by atoms with Crippen LogP contribution in [-0.2, 0) is 4.79 Å². The summed E-state index contributed by atoms with van der Waals surface area (Å²) in [4.78, 5) is 13.5. The maximum atomic E-state index is 12.0. The summed E-state index contributed by atoms with van der Waals surface area (Å²) in [5.74, 6) is 0.0415. The largest absolute Gasteiger partial charge is 0.397 e. The number of halogens is 1. The van der Waals surface area contributed by atoms with Crippen molar-refractivity contribution in [1.29, 1.82) is 0 Å². The smallest absolute Gasteiger partial charge is 0.229 e. The summed E-state index contributed by atoms with van der Waals surface area (Å²) in [6.07, 6.45) is 0.809. The molecule has 0 saturated heterocycles. The van der Waals surface area contributed by atoms with Crippen molar-refractivity contribution < 1.29 is 4.79 Å². The van der Waals surface area contributed by atoms with E-state index in [1.807, 2.05) is 13.8 Å². The summed E-state index contributed by atoms with van der Waals surface area (Å²) in [6.45, 7) is 3.89. The quantitative estimate of drug-likeness (QED) is 0.826. The average molecular weight is 241 g/mol. The molecular weight excluding hydrogens is 224 g/mol. The van der Waals surface area contributed by atoms with Gasteiger partial charge in [0, 0.05) is 18.0 Å². The number of rotatable bonds is 3. The lowest BCUT2D eigenvalue weighted by Gasteiger charge is -2.22. The Morgan fingerprint density at radius 2 is 2.19 bits per heavy atom. The van der Waals surface area contributed by atoms with Gasteiger partial charge >= 0.3 is 0 Å². The molecule has 0 aromatic heterocycles. The molecule has 1 atom stereocenters. The highest BCUT2D eigenvalue weighted by molar-refractivity contribution is 6.31. The van der Waals surface area contributed by atoms with E-state index >= 15 is 0 Å². The molecule has 88 valence electrons. The number of carbonyl (C=O) groups is 1. The minimum absolute atomic E-state index is 0.0108. The van der Waals surface area contributed by atoms with E-state index in [0.29, 0.717) is 16.4 Å². The molecule has 0 fully saturated rings. The third-order valence-corrected chi connectivity index (χ3v) is 2.95. The molecule has 0 heterocycles. The van der Waals surface area contributed by atoms with Crippen molar-refractivity contribution in [2.75, 3.05) is 17.7 Å². The first kappa shape index (κ1) is 12.8. The lowest BCUT2D eigenvalue weighted by Crippen LogP contribution is -2.31. The Labute approximate surface area is 101 Å². The first-order valence-electron chi connectivity index (χ1n) is 5.30. The fourth-order valence-electron chi connectivity index (χ4n) is 1.43. The summed E-state index contributed by atoms with van der Waals surface area (Å²) in [7, 11) is 1.72. The molecule has 0 aliphatic carbocycles. The first-order valence-corrected chi connectivity index (χ1v) is 5.67. The van der Waals surface area contributed by atoms with Gasteiger partial charge in [-0.15, -0.1) is 0 Å². The van der Waals surface area contributed by atoms with E-state index in [9.17, 15) is 4.79 Å². The third-order valence-electron chi connectivity index (χ3n) is 2.72. The number of amides is 1. The number of nitrogens with zero attached hydrogens (tertiary/aromatic N) is 1. The number of nitrogen functional groups attached to an aromatic ring is 1. The first-order chi connectivity index (χ1) is 7.47. The fourth-order valence-corrected chi connectivity index (χ4v) is 1.60. The SMILES string of the molecule is CCC(C)C(=O)N(C)c1cc(Cl)ccc1N. The van der Waals surface area contributed by atoms with Crippen molar-refractivity contribution >= 4 is 28.9 Å². The number of hydrogen-bond donors (Lipinski definition) is 1. The van der Waals surface area contributed by atoms with Gasteiger partial charge in [0.2, 0.25) is 5.91 Å². The highest BCUT2D eigenvalue weighted by Gasteiger charge is 2.18. The van der Waals surface area contributed by atoms with Gasteiger partial charge in [0.1, 0.15) is 0 Å². The number of carbonyl (C=O) groups excluding carboxylic acids is 1. The van der Waals surface area contributed by atoms with E-state index in [2.05, 4.69) is 0 Å². The standard InChI is InChI=1S/C12H17ClN2O/c1-4-8(2)12(16)15(3)11-7-9(13)5-6-10(11)14/h5-8H,4,14H2,1-3H3. The van der Waals surface area contributed by atoms with Gasteiger partial charge in [0.25, 0.3) is 0 Å². The van der Waals surface area contributed by atoms with Crippen LogP contribution in [0.15, 0.2) is 18.2 Å². The molecule has 4 heteroatoms. The van der Waals surface area contributed by atoms with Gasteiger partial charge in [-0.05, 0) is 24.6 Å². The summed E-state index contributed by atoms with van der Waals surface area (Å²) in [5, 5.41) is 0.577. The van der Waals surface area contributed by atoms with Crippen LogP contribution in [0.4, 0.5) is 11.4 Å². The van der Waals surface area contributed by atoms with Gasteiger partial charge in [-0.25, -0.2) is 0 Å². The minimum Gasteiger partial charge on any atom is -0.397 e. The number of benzene rings is 1. The highest BCUT2D eigenvalue weighted by atomic mass is 35.5. The predicted molar refractivity (Wildman–Crippen MR) is 68.7 cm³/mol. The number of anilines is 2. The molecule has 0 spiro atoms. The van der Waals surface area contributed by atoms with Crippen molar-refractivity contribution in [1.82, 2.24) is 0 Å². The zero-order valence-corrected chi connectivity index (χ0v) is 10.6. The summed E-state index contributed by atoms with van der Waals surface area (Å²) in [5.41, 5.74) is 7.04. The number of hydrogen-bond acceptors (Lipinski definition) is 2. The Hall–Kier alpha value is -1.22. The van der Waals surface area contributed by atoms with Crippen LogP contribution in [0, 0.1) is 5.92 Å². The second kappa shape index (κ2) is 5.21. The predicted octanol–water partition coefficient (Wildman–Crippen LogP) is 2.93. The van der Waals surface area contributed by atoms with E-state index in [1.54, 1.807) is 30.1 Å². The van der Waals surface area contributed by atoms with E-state index < -0.39 is 0 Å². The highest BCUT2D eigenvalue weighted by Crippen LogP contribution is 2.27. The van der Waals surface area contributed by atoms with Crippen LogP contribution >= 0.6 is 11.6 Å². The molecule has 2 N–H and O–H groups in total. The topological polar surface area (TPSA) is 46.3 Å². The van der Waals surface area contributed by atoms with Gasteiger partial charge in [-0.3, -0.25) is 4.79 Å². The summed E-state index contributed by atoms with van der Waals surface area (Å²) < 4.78 is 0. The molecule has 1 unspecified atom stereocenters. The molecule has 0 saturated carbocycles. The van der Waals surface area contributed by atoms with Crippen LogP contribution in [0.5, 0.6) is 0 Å². The monoisotopic (exact) mass is 240 g/mol. The summed E-state index contributed by atoms with van der Waals surface area (Å²) in [6, 6.07) is 5.12. The lowest BCUT2D eigenvalue weighted by atomic mass is 10.1. The van der Waals surface area contributed by atoms with Gasteiger partial charge in [0.05, 0.1) is 11.4 Å². The molecule has 0 bridgehead atoms. The van der Waals surface area contributed by atoms with Gasteiger partial charge in [-0.1, -0.05) is 25.4 Å². The van der Waals surface area contributed by atoms with Crippen molar-refractivity contribution in [3.8, 4) is 0 Å². The van der Waals surface area contributed by atoms with E-state index in [1.165, 1.54) is 0 Å². The maximum Gasteiger partial charge on any atom is 0.229 e. The van der Waals surface area contributed by atoms with E-state index in [0.717, 1.165) is 6.42 Å². The molecule has 1 aromatic carbocycles. The van der Waals surface area contributed by atoms with Crippen LogP contribution in [0.3, 0.4) is 0 Å². The second-order valence-corrected chi connectivity index (χ2v) is 4.35. The van der Waals surface area contributed by atoms with Crippen molar-refractivity contribution in [2.45, 2.75) is 20.3 Å². The van der Waals surface area contributed by atoms with Crippen LogP contribution < -0.4 is 10.6 Å². The minimum atomic E-state index is -0.0108. The van der Waals surface area contributed by atoms with Crippen LogP contribution in [0.25, 0.3) is 0 Å². The second-order valence-electron chi connectivity index (χ2n) is 3.91. The Kier molecular flexibility index (Phi) is 4.19. The molecule has 0 aliphatic heterocycles. The Morgan fingerprint density at radius 3 is 2.75 bits per heavy atom. The molecule has 16 heavy (non-hydrogen) atoms. The van der Waals surface area contributed by atoms with Crippen molar-refractivity contribution in [3.63, 3.8) is 0 Å². The molecule has 3 nitrogen and oxygen atoms in total. The summed E-state index contributed by atoms with van der Waals surface area (Å²) >= 11 is 5.89. The van der Waals surface area contributed by atoms with Crippen LogP contribution in [-0.4, -0.2) is 13.0 Å². The Balaban J connectivity index is 3.00. The van der Waals surface area contributed by atoms with E-state index in [4.69, 9.17) is 17.3 Å². The average Bonchev–Trinajstić information content (AvgIpc) is 2.29. The number of nitrogens with two attached hydrogens (primary N) is 1. The molecule has 1 rings (SSSR count). The molecule has 0 aliphatic rings. The third kappa shape index (κ3) is 2.67. The molecule has 0 radical (unpaired) electrons. The maximum absolute atomic E-state index is 12.0. The Morgan fingerprint density at radius 1 is 1.56 bits per heavy atom. The Bertz CT molecular complexity index is 393. The van der Waals surface area contributed by atoms with Crippen LogP contribution in [0.1, 0.15) is 20.3 Å². The molecule has 1 aromatic rings. The van der Waals surface area contributed by atoms with Gasteiger partial charge < -0.3 is 10.6 Å². The molecular formula is C12H17ClN2O. The van der Waals surface area contributed by atoms with E-state index in [-0.39, 0.29) is 11.8 Å². The zero-order valence-electron chi connectivity index (χ0n) is 9.83. The van der Waals surface area contributed by atoms with Crippen molar-refractivity contribution in [2.24, 2.45) is 5.92 Å². The molecule has 1 amide bonds. The van der Waals surface area contributed by atoms with Crippen molar-refractivity contribution in [3.05, 3.63) is 23.2 Å². The normalized spacial score (nSPS) is 12.2. The van der Waals surface area contributed by atoms with Crippen LogP contribution in [0.2, 0.25) is 5.02 Å². The van der Waals surface area contributed by atoms with Gasteiger partial charge in [0.15, 0.2) is 0 Å². The zero-order chi connectivity index (χ0) is 12.3. The van der Waals surface area contributed by atoms with Gasteiger partial charge in [-0.2, -0.15) is 0 Å². The lowest BCUT2D eigenvalue weighted by molar-refractivity contribution is -0.121.